The zero-order valence-corrected chi connectivity index (χ0v) is 17.4. The number of nitrogens with zero attached hydrogens (tertiary/aromatic N) is 1. The Labute approximate surface area is 181 Å². The minimum absolute atomic E-state index is 0.0213. The molecule has 1 saturated heterocycles. The van der Waals surface area contributed by atoms with Crippen LogP contribution in [0.5, 0.6) is 0 Å². The van der Waals surface area contributed by atoms with Gasteiger partial charge in [-0.1, -0.05) is 42.5 Å². The first kappa shape index (κ1) is 19.5. The molecule has 1 aliphatic carbocycles. The minimum Gasteiger partial charge on any atom is -0.378 e. The monoisotopic (exact) mass is 412 g/mol. The molecule has 1 fully saturated rings. The number of anilines is 1. The largest absolute Gasteiger partial charge is 0.378 e. The van der Waals surface area contributed by atoms with E-state index in [1.165, 1.54) is 5.69 Å². The standard InChI is InChI=1S/C26H24N2O3/c1-17(18-6-9-20(10-7-18)28-12-14-31-15-13-28)27-26(30)19-8-11-22-21-4-2-3-5-23(21)25(29)24(22)16-19/h2-11,16-17H,12-15H2,1H3,(H,27,30). The predicted molar refractivity (Wildman–Crippen MR) is 121 cm³/mol. The Balaban J connectivity index is 1.30. The molecule has 3 aromatic carbocycles. The van der Waals surface area contributed by atoms with Gasteiger partial charge in [0.1, 0.15) is 0 Å². The number of nitrogens with one attached hydrogen (secondary N) is 1. The highest BCUT2D eigenvalue weighted by atomic mass is 16.5. The molecule has 1 heterocycles. The molecule has 0 spiro atoms. The SMILES string of the molecule is CC(NC(=O)c1ccc2c(c1)C(=O)c1ccccc1-2)c1ccc(N2CCOCC2)cc1. The van der Waals surface area contributed by atoms with Gasteiger partial charge in [0.05, 0.1) is 19.3 Å². The van der Waals surface area contributed by atoms with E-state index in [1.54, 1.807) is 12.1 Å². The Kier molecular flexibility index (Phi) is 5.04. The molecule has 1 N–H and O–H groups in total. The third kappa shape index (κ3) is 3.62. The zero-order chi connectivity index (χ0) is 21.4. The minimum atomic E-state index is -0.184. The predicted octanol–water partition coefficient (Wildman–Crippen LogP) is 4.23. The second kappa shape index (κ2) is 8.00. The maximum atomic E-state index is 12.9. The number of carbonyl (C=O) groups is 2. The Morgan fingerprint density at radius 1 is 0.903 bits per heavy atom. The highest BCUT2D eigenvalue weighted by Crippen LogP contribution is 2.36. The number of benzene rings is 3. The molecule has 5 heteroatoms. The number of amides is 1. The molecule has 1 amide bonds. The van der Waals surface area contributed by atoms with Crippen molar-refractivity contribution in [1.29, 1.82) is 0 Å². The van der Waals surface area contributed by atoms with Gasteiger partial charge >= 0.3 is 0 Å². The van der Waals surface area contributed by atoms with Crippen molar-refractivity contribution in [3.63, 3.8) is 0 Å². The Morgan fingerprint density at radius 3 is 2.32 bits per heavy atom. The molecule has 31 heavy (non-hydrogen) atoms. The number of hydrogen-bond acceptors (Lipinski definition) is 4. The van der Waals surface area contributed by atoms with Gasteiger partial charge < -0.3 is 15.0 Å². The van der Waals surface area contributed by atoms with E-state index in [9.17, 15) is 9.59 Å². The zero-order valence-electron chi connectivity index (χ0n) is 17.4. The van der Waals surface area contributed by atoms with E-state index in [0.29, 0.717) is 16.7 Å². The van der Waals surface area contributed by atoms with E-state index in [1.807, 2.05) is 37.3 Å². The van der Waals surface area contributed by atoms with Crippen LogP contribution in [0, 0.1) is 0 Å². The summed E-state index contributed by atoms with van der Waals surface area (Å²) in [5.74, 6) is -0.205. The maximum absolute atomic E-state index is 12.9. The van der Waals surface area contributed by atoms with Crippen LogP contribution >= 0.6 is 0 Å². The second-order valence-corrected chi connectivity index (χ2v) is 8.02. The summed E-state index contributed by atoms with van der Waals surface area (Å²) < 4.78 is 5.41. The van der Waals surface area contributed by atoms with Crippen LogP contribution in [0.15, 0.2) is 66.7 Å². The number of hydrogen-bond donors (Lipinski definition) is 1. The summed E-state index contributed by atoms with van der Waals surface area (Å²) in [6.07, 6.45) is 0. The van der Waals surface area contributed by atoms with Gasteiger partial charge in [-0.05, 0) is 47.9 Å². The van der Waals surface area contributed by atoms with Gasteiger partial charge in [0.15, 0.2) is 5.78 Å². The highest BCUT2D eigenvalue weighted by Gasteiger charge is 2.27. The van der Waals surface area contributed by atoms with Gasteiger partial charge in [0, 0.05) is 35.5 Å². The maximum Gasteiger partial charge on any atom is 0.251 e. The highest BCUT2D eigenvalue weighted by molar-refractivity contribution is 6.22. The number of ether oxygens (including phenoxy) is 1. The summed E-state index contributed by atoms with van der Waals surface area (Å²) in [6.45, 7) is 5.26. The van der Waals surface area contributed by atoms with Gasteiger partial charge in [0.25, 0.3) is 5.91 Å². The lowest BCUT2D eigenvalue weighted by molar-refractivity contribution is 0.0940. The van der Waals surface area contributed by atoms with E-state index < -0.39 is 0 Å². The van der Waals surface area contributed by atoms with Crippen LogP contribution in [0.1, 0.15) is 44.8 Å². The summed E-state index contributed by atoms with van der Waals surface area (Å²) in [4.78, 5) is 27.9. The van der Waals surface area contributed by atoms with Crippen LogP contribution in [-0.4, -0.2) is 38.0 Å². The fourth-order valence-electron chi connectivity index (χ4n) is 4.33. The second-order valence-electron chi connectivity index (χ2n) is 8.02. The molecule has 0 saturated carbocycles. The van der Waals surface area contributed by atoms with Crippen molar-refractivity contribution in [3.8, 4) is 11.1 Å². The summed E-state index contributed by atoms with van der Waals surface area (Å²) in [5.41, 5.74) is 5.82. The molecule has 0 radical (unpaired) electrons. The van der Waals surface area contributed by atoms with Crippen molar-refractivity contribution in [3.05, 3.63) is 89.0 Å². The topological polar surface area (TPSA) is 58.6 Å². The molecular formula is C26H24N2O3. The lowest BCUT2D eigenvalue weighted by Gasteiger charge is -2.29. The van der Waals surface area contributed by atoms with Crippen molar-refractivity contribution >= 4 is 17.4 Å². The van der Waals surface area contributed by atoms with Crippen molar-refractivity contribution < 1.29 is 14.3 Å². The molecule has 1 unspecified atom stereocenters. The van der Waals surface area contributed by atoms with Crippen molar-refractivity contribution in [2.75, 3.05) is 31.2 Å². The van der Waals surface area contributed by atoms with E-state index in [0.717, 1.165) is 43.0 Å². The molecular weight excluding hydrogens is 388 g/mol. The Bertz CT molecular complexity index is 1150. The third-order valence-electron chi connectivity index (χ3n) is 6.11. The first-order valence-electron chi connectivity index (χ1n) is 10.6. The van der Waals surface area contributed by atoms with Crippen LogP contribution in [-0.2, 0) is 4.74 Å². The summed E-state index contributed by atoms with van der Waals surface area (Å²) in [6, 6.07) is 21.1. The number of morpholine rings is 1. The Hall–Kier alpha value is -3.44. The average molecular weight is 412 g/mol. The quantitative estimate of drug-likeness (QED) is 0.545. The van der Waals surface area contributed by atoms with Crippen LogP contribution in [0.2, 0.25) is 0 Å². The molecule has 1 atom stereocenters. The van der Waals surface area contributed by atoms with Gasteiger partial charge in [0.2, 0.25) is 0 Å². The van der Waals surface area contributed by atoms with Crippen LogP contribution < -0.4 is 10.2 Å². The molecule has 156 valence electrons. The fourth-order valence-corrected chi connectivity index (χ4v) is 4.33. The molecule has 1 aliphatic heterocycles. The fraction of sp³-hybridized carbons (Fsp3) is 0.231. The molecule has 5 rings (SSSR count). The number of fused-ring (bicyclic) bond motifs is 3. The normalized spacial score (nSPS) is 15.9. The average Bonchev–Trinajstić information content (AvgIpc) is 3.11. The molecule has 3 aromatic rings. The summed E-state index contributed by atoms with van der Waals surface area (Å²) >= 11 is 0. The number of ketones is 1. The summed E-state index contributed by atoms with van der Waals surface area (Å²) in [5, 5.41) is 3.05. The molecule has 0 aromatic heterocycles. The van der Waals surface area contributed by atoms with Crippen molar-refractivity contribution in [1.82, 2.24) is 5.32 Å². The molecule has 2 aliphatic rings. The first-order chi connectivity index (χ1) is 15.1. The van der Waals surface area contributed by atoms with Crippen LogP contribution in [0.4, 0.5) is 5.69 Å². The van der Waals surface area contributed by atoms with Gasteiger partial charge in [-0.3, -0.25) is 9.59 Å². The molecule has 5 nitrogen and oxygen atoms in total. The van der Waals surface area contributed by atoms with E-state index in [2.05, 4.69) is 34.5 Å². The van der Waals surface area contributed by atoms with Gasteiger partial charge in [-0.2, -0.15) is 0 Å². The third-order valence-corrected chi connectivity index (χ3v) is 6.11. The smallest absolute Gasteiger partial charge is 0.251 e. The van der Waals surface area contributed by atoms with Gasteiger partial charge in [-0.25, -0.2) is 0 Å². The van der Waals surface area contributed by atoms with Crippen LogP contribution in [0.3, 0.4) is 0 Å². The van der Waals surface area contributed by atoms with E-state index in [4.69, 9.17) is 4.74 Å². The first-order valence-corrected chi connectivity index (χ1v) is 10.6. The van der Waals surface area contributed by atoms with Crippen molar-refractivity contribution in [2.45, 2.75) is 13.0 Å². The van der Waals surface area contributed by atoms with Gasteiger partial charge in [-0.15, -0.1) is 0 Å². The van der Waals surface area contributed by atoms with E-state index >= 15 is 0 Å². The Morgan fingerprint density at radius 2 is 1.58 bits per heavy atom. The number of carbonyl (C=O) groups excluding carboxylic acids is 2. The number of rotatable bonds is 4. The van der Waals surface area contributed by atoms with E-state index in [-0.39, 0.29) is 17.7 Å². The lowest BCUT2D eigenvalue weighted by atomic mass is 10.0. The van der Waals surface area contributed by atoms with Crippen LogP contribution in [0.25, 0.3) is 11.1 Å². The molecule has 0 bridgehead atoms. The lowest BCUT2D eigenvalue weighted by Crippen LogP contribution is -2.36. The summed E-state index contributed by atoms with van der Waals surface area (Å²) in [7, 11) is 0. The van der Waals surface area contributed by atoms with Crippen molar-refractivity contribution in [2.24, 2.45) is 0 Å².